The highest BCUT2D eigenvalue weighted by Gasteiger charge is 2.21. The van der Waals surface area contributed by atoms with Crippen LogP contribution in [0.3, 0.4) is 0 Å². The number of benzene rings is 2. The number of ether oxygens (including phenoxy) is 1. The lowest BCUT2D eigenvalue weighted by atomic mass is 10.2. The number of rotatable bonds is 6. The molecule has 0 spiro atoms. The van der Waals surface area contributed by atoms with E-state index in [0.29, 0.717) is 28.1 Å². The molecule has 2 aromatic heterocycles. The van der Waals surface area contributed by atoms with Crippen LogP contribution in [0.15, 0.2) is 59.7 Å². The molecular weight excluding hydrogens is 452 g/mol. The van der Waals surface area contributed by atoms with Crippen LogP contribution in [-0.2, 0) is 24.2 Å². The van der Waals surface area contributed by atoms with Gasteiger partial charge >= 0.3 is 0 Å². The van der Waals surface area contributed by atoms with Crippen LogP contribution in [0.5, 0.6) is 5.75 Å². The quantitative estimate of drug-likeness (QED) is 0.442. The Labute approximate surface area is 199 Å². The van der Waals surface area contributed by atoms with Gasteiger partial charge in [-0.05, 0) is 61.2 Å². The summed E-state index contributed by atoms with van der Waals surface area (Å²) in [6.45, 7) is -0.136. The summed E-state index contributed by atoms with van der Waals surface area (Å²) in [4.78, 5) is 44.5. The first-order chi connectivity index (χ1) is 16.5. The Morgan fingerprint density at radius 1 is 1.09 bits per heavy atom. The molecule has 0 radical (unpaired) electrons. The van der Waals surface area contributed by atoms with Crippen molar-refractivity contribution in [1.29, 1.82) is 0 Å². The fourth-order valence-electron chi connectivity index (χ4n) is 4.13. The molecule has 8 nitrogen and oxygen atoms in total. The van der Waals surface area contributed by atoms with Gasteiger partial charge in [-0.3, -0.25) is 19.0 Å². The number of amides is 2. The van der Waals surface area contributed by atoms with E-state index in [1.54, 1.807) is 53.8 Å². The van der Waals surface area contributed by atoms with Gasteiger partial charge in [0.2, 0.25) is 5.91 Å². The summed E-state index contributed by atoms with van der Waals surface area (Å²) >= 11 is 1.57. The predicted octanol–water partition coefficient (Wildman–Crippen LogP) is 3.85. The molecule has 0 saturated carbocycles. The molecule has 0 fully saturated rings. The smallest absolute Gasteiger partial charge is 0.262 e. The minimum atomic E-state index is -0.346. The highest BCUT2D eigenvalue weighted by atomic mass is 32.1. The van der Waals surface area contributed by atoms with E-state index >= 15 is 0 Å². The second-order valence-electron chi connectivity index (χ2n) is 8.00. The normalized spacial score (nSPS) is 12.4. The lowest BCUT2D eigenvalue weighted by Crippen LogP contribution is -2.28. The standard InChI is InChI=1S/C25H22N4O4S/c1-33-19-7-3-2-6-18(19)28-23(31)15-9-11-16(12-10-15)27-21(30)13-29-14-26-24-22(25(29)32)17-5-4-8-20(17)34-24/h2-3,6-7,9-12,14H,4-5,8,13H2,1H3,(H,27,30)(H,28,31). The number of hydrogen-bond donors (Lipinski definition) is 2. The van der Waals surface area contributed by atoms with E-state index in [1.807, 2.05) is 6.07 Å². The number of thiophene rings is 1. The maximum Gasteiger partial charge on any atom is 0.262 e. The van der Waals surface area contributed by atoms with Crippen molar-refractivity contribution in [3.8, 4) is 5.75 Å². The molecule has 2 aromatic carbocycles. The van der Waals surface area contributed by atoms with Crippen molar-refractivity contribution in [2.75, 3.05) is 17.7 Å². The second kappa shape index (κ2) is 9.11. The van der Waals surface area contributed by atoms with Crippen molar-refractivity contribution >= 4 is 44.7 Å². The van der Waals surface area contributed by atoms with Crippen molar-refractivity contribution in [3.05, 3.63) is 81.2 Å². The summed E-state index contributed by atoms with van der Waals surface area (Å²) in [5, 5.41) is 6.23. The van der Waals surface area contributed by atoms with E-state index in [4.69, 9.17) is 4.74 Å². The molecule has 5 rings (SSSR count). The van der Waals surface area contributed by atoms with Gasteiger partial charge in [0.15, 0.2) is 0 Å². The van der Waals surface area contributed by atoms with Gasteiger partial charge < -0.3 is 15.4 Å². The zero-order valence-electron chi connectivity index (χ0n) is 18.5. The SMILES string of the molecule is COc1ccccc1NC(=O)c1ccc(NC(=O)Cn2cnc3sc4c(c3c2=O)CCC4)cc1. The fraction of sp³-hybridized carbons (Fsp3) is 0.200. The monoisotopic (exact) mass is 474 g/mol. The Morgan fingerprint density at radius 3 is 2.68 bits per heavy atom. The second-order valence-corrected chi connectivity index (χ2v) is 9.08. The average molecular weight is 475 g/mol. The van der Waals surface area contributed by atoms with Gasteiger partial charge in [0.1, 0.15) is 17.1 Å². The summed E-state index contributed by atoms with van der Waals surface area (Å²) in [6.07, 6.45) is 4.36. The van der Waals surface area contributed by atoms with Gasteiger partial charge in [-0.15, -0.1) is 11.3 Å². The zero-order valence-corrected chi connectivity index (χ0v) is 19.3. The van der Waals surface area contributed by atoms with Crippen LogP contribution in [-0.4, -0.2) is 28.5 Å². The number of fused-ring (bicyclic) bond motifs is 3. The molecule has 172 valence electrons. The van der Waals surface area contributed by atoms with E-state index in [2.05, 4.69) is 15.6 Å². The van der Waals surface area contributed by atoms with Crippen molar-refractivity contribution < 1.29 is 14.3 Å². The summed E-state index contributed by atoms with van der Waals surface area (Å²) in [5.41, 5.74) is 2.44. The number of hydrogen-bond acceptors (Lipinski definition) is 6. The van der Waals surface area contributed by atoms with Crippen LogP contribution in [0.25, 0.3) is 10.2 Å². The lowest BCUT2D eigenvalue weighted by Gasteiger charge is -2.11. The number of aromatic nitrogens is 2. The molecule has 4 aromatic rings. The average Bonchev–Trinajstić information content (AvgIpc) is 3.43. The number of anilines is 2. The van der Waals surface area contributed by atoms with Crippen LogP contribution in [0.4, 0.5) is 11.4 Å². The van der Waals surface area contributed by atoms with E-state index in [-0.39, 0.29) is 23.9 Å². The predicted molar refractivity (Wildman–Crippen MR) is 132 cm³/mol. The molecule has 0 bridgehead atoms. The van der Waals surface area contributed by atoms with Crippen LogP contribution >= 0.6 is 11.3 Å². The fourth-order valence-corrected chi connectivity index (χ4v) is 5.35. The van der Waals surface area contributed by atoms with Crippen molar-refractivity contribution in [1.82, 2.24) is 9.55 Å². The van der Waals surface area contributed by atoms with Gasteiger partial charge in [-0.25, -0.2) is 4.98 Å². The Kier molecular flexibility index (Phi) is 5.85. The number of para-hydroxylation sites is 2. The van der Waals surface area contributed by atoms with Crippen LogP contribution in [0.1, 0.15) is 27.2 Å². The molecular formula is C25H22N4O4S. The van der Waals surface area contributed by atoms with Crippen molar-refractivity contribution in [2.24, 2.45) is 0 Å². The van der Waals surface area contributed by atoms with Gasteiger partial charge in [0, 0.05) is 16.1 Å². The van der Waals surface area contributed by atoms with Gasteiger partial charge in [0.25, 0.3) is 11.5 Å². The molecule has 1 aliphatic carbocycles. The minimum Gasteiger partial charge on any atom is -0.495 e. The number of carbonyl (C=O) groups is 2. The number of carbonyl (C=O) groups excluding carboxylic acids is 2. The molecule has 34 heavy (non-hydrogen) atoms. The van der Waals surface area contributed by atoms with Crippen LogP contribution in [0, 0.1) is 0 Å². The highest BCUT2D eigenvalue weighted by molar-refractivity contribution is 7.18. The number of nitrogens with one attached hydrogen (secondary N) is 2. The van der Waals surface area contributed by atoms with Crippen LogP contribution in [0.2, 0.25) is 0 Å². The van der Waals surface area contributed by atoms with Gasteiger partial charge in [-0.2, -0.15) is 0 Å². The van der Waals surface area contributed by atoms with E-state index in [0.717, 1.165) is 29.7 Å². The largest absolute Gasteiger partial charge is 0.495 e. The molecule has 0 aliphatic heterocycles. The van der Waals surface area contributed by atoms with E-state index in [1.165, 1.54) is 22.9 Å². The Bertz CT molecular complexity index is 1460. The zero-order chi connectivity index (χ0) is 23.7. The molecule has 2 amide bonds. The summed E-state index contributed by atoms with van der Waals surface area (Å²) in [7, 11) is 1.54. The van der Waals surface area contributed by atoms with Crippen LogP contribution < -0.4 is 20.9 Å². The molecule has 1 aliphatic rings. The summed E-state index contributed by atoms with van der Waals surface area (Å²) < 4.78 is 6.60. The van der Waals surface area contributed by atoms with Gasteiger partial charge in [0.05, 0.1) is 24.5 Å². The third kappa shape index (κ3) is 4.17. The van der Waals surface area contributed by atoms with Crippen molar-refractivity contribution in [2.45, 2.75) is 25.8 Å². The Hall–Kier alpha value is -3.98. The minimum absolute atomic E-state index is 0.136. The number of methoxy groups -OCH3 is 1. The molecule has 2 N–H and O–H groups in total. The summed E-state index contributed by atoms with van der Waals surface area (Å²) in [5.74, 6) is -0.0759. The lowest BCUT2D eigenvalue weighted by molar-refractivity contribution is -0.116. The first-order valence-electron chi connectivity index (χ1n) is 10.9. The molecule has 2 heterocycles. The maximum absolute atomic E-state index is 12.9. The number of aryl methyl sites for hydroxylation is 2. The third-order valence-corrected chi connectivity index (χ3v) is 6.99. The maximum atomic E-state index is 12.9. The van der Waals surface area contributed by atoms with Gasteiger partial charge in [-0.1, -0.05) is 12.1 Å². The highest BCUT2D eigenvalue weighted by Crippen LogP contribution is 2.34. The topological polar surface area (TPSA) is 102 Å². The molecule has 0 saturated heterocycles. The first-order valence-corrected chi connectivity index (χ1v) is 11.7. The van der Waals surface area contributed by atoms with Crippen molar-refractivity contribution in [3.63, 3.8) is 0 Å². The molecule has 9 heteroatoms. The summed E-state index contributed by atoms with van der Waals surface area (Å²) in [6, 6.07) is 13.7. The Balaban J connectivity index is 1.25. The van der Waals surface area contributed by atoms with E-state index in [9.17, 15) is 14.4 Å². The third-order valence-electron chi connectivity index (χ3n) is 5.79. The van der Waals surface area contributed by atoms with E-state index < -0.39 is 0 Å². The molecule has 0 unspecified atom stereocenters. The first kappa shape index (κ1) is 21.8. The molecule has 0 atom stereocenters. The Morgan fingerprint density at radius 2 is 1.88 bits per heavy atom. The number of nitrogens with zero attached hydrogens (tertiary/aromatic N) is 2.